The Balaban J connectivity index is 1.44. The molecule has 3 unspecified atom stereocenters. The molecular weight excluding hydrogens is 484 g/mol. The van der Waals surface area contributed by atoms with Gasteiger partial charge in [-0.15, -0.1) is 0 Å². The van der Waals surface area contributed by atoms with Crippen molar-refractivity contribution in [3.05, 3.63) is 0 Å². The fraction of sp³-hybridized carbons (Fsp3) is 1.00. The van der Waals surface area contributed by atoms with Crippen molar-refractivity contribution in [1.82, 2.24) is 0 Å². The van der Waals surface area contributed by atoms with Crippen LogP contribution in [0.15, 0.2) is 0 Å². The van der Waals surface area contributed by atoms with E-state index in [4.69, 9.17) is 4.55 Å². The molecule has 4 rings (SSSR count). The highest BCUT2D eigenvalue weighted by Gasteiger charge is 2.68. The predicted octanol–water partition coefficient (Wildman–Crippen LogP) is 3.32. The Kier molecular flexibility index (Phi) is 8.00. The highest BCUT2D eigenvalue weighted by molar-refractivity contribution is 7.80. The second kappa shape index (κ2) is 10.0. The van der Waals surface area contributed by atoms with Crippen LogP contribution in [-0.2, 0) is 14.6 Å². The lowest BCUT2D eigenvalue weighted by Crippen LogP contribution is -2.69. The van der Waals surface area contributed by atoms with Gasteiger partial charge in [0.15, 0.2) is 0 Å². The molecule has 0 amide bonds. The molecule has 0 heterocycles. The lowest BCUT2D eigenvalue weighted by atomic mass is 9.42. The quantitative estimate of drug-likeness (QED) is 0.299. The van der Waals surface area contributed by atoms with E-state index in [1.54, 1.807) is 0 Å². The number of fused-ring (bicyclic) bond motifs is 5. The molecule has 36 heavy (non-hydrogen) atoms. The molecule has 210 valence electrons. The van der Waals surface area contributed by atoms with Gasteiger partial charge in [-0.1, -0.05) is 40.5 Å². The molecule has 8 nitrogen and oxygen atoms in total. The van der Waals surface area contributed by atoms with Crippen LogP contribution in [0.5, 0.6) is 0 Å². The summed E-state index contributed by atoms with van der Waals surface area (Å²) in [7, 11) is -4.41. The third kappa shape index (κ3) is 4.91. The van der Waals surface area contributed by atoms with Crippen molar-refractivity contribution in [2.45, 2.75) is 116 Å². The normalized spacial score (nSPS) is 48.5. The van der Waals surface area contributed by atoms with Crippen LogP contribution in [0.2, 0.25) is 0 Å². The Labute approximate surface area is 216 Å². The first kappa shape index (κ1) is 28.7. The summed E-state index contributed by atoms with van der Waals surface area (Å²) in [5.41, 5.74) is -1.76. The van der Waals surface area contributed by atoms with Crippen LogP contribution in [0.4, 0.5) is 0 Å². The zero-order valence-electron chi connectivity index (χ0n) is 22.3. The first-order chi connectivity index (χ1) is 16.6. The summed E-state index contributed by atoms with van der Waals surface area (Å²) in [5, 5.41) is 44.5. The highest BCUT2D eigenvalue weighted by Crippen LogP contribution is 2.69. The van der Waals surface area contributed by atoms with Crippen LogP contribution < -0.4 is 0 Å². The van der Waals surface area contributed by atoms with Crippen molar-refractivity contribution < 1.29 is 37.6 Å². The van der Waals surface area contributed by atoms with E-state index in [1.807, 2.05) is 6.92 Å². The molecule has 4 saturated carbocycles. The van der Waals surface area contributed by atoms with Gasteiger partial charge in [0, 0.05) is 11.8 Å². The van der Waals surface area contributed by atoms with Gasteiger partial charge in [-0.2, -0.15) is 8.42 Å². The molecule has 0 aromatic rings. The molecule has 0 radical (unpaired) electrons. The second-order valence-electron chi connectivity index (χ2n) is 13.5. The van der Waals surface area contributed by atoms with Gasteiger partial charge in [-0.3, -0.25) is 4.55 Å². The Morgan fingerprint density at radius 3 is 2.39 bits per heavy atom. The third-order valence-electron chi connectivity index (χ3n) is 11.4. The van der Waals surface area contributed by atoms with Gasteiger partial charge < -0.3 is 20.4 Å². The monoisotopic (exact) mass is 532 g/mol. The molecular formula is C27H48O8S. The first-order valence-corrected chi connectivity index (χ1v) is 15.4. The number of aliphatic hydroxyl groups is 4. The summed E-state index contributed by atoms with van der Waals surface area (Å²) in [6.07, 6.45) is 5.57. The second-order valence-corrected chi connectivity index (χ2v) is 14.6. The van der Waals surface area contributed by atoms with E-state index in [-0.39, 0.29) is 42.1 Å². The number of hydrogen-bond donors (Lipinski definition) is 5. The maximum absolute atomic E-state index is 11.6. The van der Waals surface area contributed by atoms with Gasteiger partial charge in [-0.25, -0.2) is 4.18 Å². The van der Waals surface area contributed by atoms with Gasteiger partial charge in [0.05, 0.1) is 30.5 Å². The maximum Gasteiger partial charge on any atom is 0.397 e. The van der Waals surface area contributed by atoms with E-state index >= 15 is 0 Å². The number of rotatable bonds is 8. The third-order valence-corrected chi connectivity index (χ3v) is 11.9. The Hall–Kier alpha value is -0.290. The zero-order valence-corrected chi connectivity index (χ0v) is 23.2. The maximum atomic E-state index is 11.6. The first-order valence-electron chi connectivity index (χ1n) is 14.0. The van der Waals surface area contributed by atoms with Crippen molar-refractivity contribution in [3.8, 4) is 0 Å². The minimum atomic E-state index is -4.41. The number of aliphatic hydroxyl groups excluding tert-OH is 3. The van der Waals surface area contributed by atoms with Gasteiger partial charge in [-0.05, 0) is 85.9 Å². The van der Waals surface area contributed by atoms with E-state index in [1.165, 1.54) is 0 Å². The minimum absolute atomic E-state index is 0.0179. The van der Waals surface area contributed by atoms with E-state index in [9.17, 15) is 28.8 Å². The molecule has 4 aliphatic rings. The smallest absolute Gasteiger partial charge is 0.393 e. The van der Waals surface area contributed by atoms with Crippen molar-refractivity contribution in [2.24, 2.45) is 46.3 Å². The molecule has 0 bridgehead atoms. The Morgan fingerprint density at radius 1 is 1.03 bits per heavy atom. The standard InChI is InChI=1S/C27H48O8S/c1-16(15-35-36(32,33)34)6-5-7-17(2)21-13-22(29)24-19-12-23(30)27(31)14-18(28)8-11-26(27,4)20(19)9-10-25(21,24)3/h16-24,28-31H,5-15H2,1-4H3,(H,32,33,34)/t16-,17+,18-,19?,20?,21+,22-,23+,24?,25+,26+,27-/m0/s1. The van der Waals surface area contributed by atoms with Gasteiger partial charge in [0.1, 0.15) is 0 Å². The van der Waals surface area contributed by atoms with Crippen LogP contribution in [0, 0.1) is 46.3 Å². The SMILES string of the molecule is C[C@@H](CCC[C@@H](C)[C@H]1C[C@H](O)C2C3C[C@@H](O)[C@@]4(O)C[C@@H](O)CC[C@]4(C)C3CC[C@@]21C)COS(=O)(=O)O. The van der Waals surface area contributed by atoms with E-state index < -0.39 is 39.7 Å². The predicted molar refractivity (Wildman–Crippen MR) is 135 cm³/mol. The fourth-order valence-corrected chi connectivity index (χ4v) is 9.94. The molecule has 12 atom stereocenters. The van der Waals surface area contributed by atoms with Crippen LogP contribution in [0.3, 0.4) is 0 Å². The molecule has 9 heteroatoms. The molecule has 4 fully saturated rings. The largest absolute Gasteiger partial charge is 0.397 e. The number of hydrogen-bond acceptors (Lipinski definition) is 7. The van der Waals surface area contributed by atoms with Crippen LogP contribution in [0.1, 0.15) is 91.9 Å². The van der Waals surface area contributed by atoms with Gasteiger partial charge in [0.25, 0.3) is 0 Å². The van der Waals surface area contributed by atoms with Crippen LogP contribution in [0.25, 0.3) is 0 Å². The van der Waals surface area contributed by atoms with E-state index in [0.29, 0.717) is 31.1 Å². The minimum Gasteiger partial charge on any atom is -0.393 e. The van der Waals surface area contributed by atoms with Crippen molar-refractivity contribution >= 4 is 10.4 Å². The lowest BCUT2D eigenvalue weighted by Gasteiger charge is -2.65. The van der Waals surface area contributed by atoms with Crippen molar-refractivity contribution in [3.63, 3.8) is 0 Å². The summed E-state index contributed by atoms with van der Waals surface area (Å²) in [5.74, 6) is 1.25. The zero-order chi connectivity index (χ0) is 26.7. The molecule has 0 aromatic carbocycles. The van der Waals surface area contributed by atoms with Crippen molar-refractivity contribution in [2.75, 3.05) is 6.61 Å². The van der Waals surface area contributed by atoms with Gasteiger partial charge >= 0.3 is 10.4 Å². The van der Waals surface area contributed by atoms with Crippen LogP contribution in [-0.4, -0.2) is 63.9 Å². The van der Waals surface area contributed by atoms with Crippen molar-refractivity contribution in [1.29, 1.82) is 0 Å². The molecule has 0 aliphatic heterocycles. The summed E-state index contributed by atoms with van der Waals surface area (Å²) in [4.78, 5) is 0. The molecule has 5 N–H and O–H groups in total. The van der Waals surface area contributed by atoms with Gasteiger partial charge in [0.2, 0.25) is 0 Å². The molecule has 0 saturated heterocycles. The van der Waals surface area contributed by atoms with E-state index in [0.717, 1.165) is 38.5 Å². The average molecular weight is 533 g/mol. The summed E-state index contributed by atoms with van der Waals surface area (Å²) in [6.45, 7) is 8.58. The Bertz CT molecular complexity index is 896. The lowest BCUT2D eigenvalue weighted by molar-refractivity contribution is -0.268. The Morgan fingerprint density at radius 2 is 1.72 bits per heavy atom. The summed E-state index contributed by atoms with van der Waals surface area (Å²) >= 11 is 0. The highest BCUT2D eigenvalue weighted by atomic mass is 32.3. The molecule has 0 spiro atoms. The fourth-order valence-electron chi connectivity index (χ4n) is 9.53. The average Bonchev–Trinajstić information content (AvgIpc) is 3.05. The molecule has 0 aromatic heterocycles. The van der Waals surface area contributed by atoms with E-state index in [2.05, 4.69) is 25.0 Å². The van der Waals surface area contributed by atoms with Crippen LogP contribution >= 0.6 is 0 Å². The molecule has 4 aliphatic carbocycles. The topological polar surface area (TPSA) is 145 Å². The summed E-state index contributed by atoms with van der Waals surface area (Å²) < 4.78 is 34.9. The summed E-state index contributed by atoms with van der Waals surface area (Å²) in [6, 6.07) is 0.